The van der Waals surface area contributed by atoms with Gasteiger partial charge in [-0.1, -0.05) is 27.2 Å². The Bertz CT molecular complexity index is 128. The van der Waals surface area contributed by atoms with Crippen molar-refractivity contribution in [1.29, 1.82) is 0 Å². The van der Waals surface area contributed by atoms with E-state index in [-0.39, 0.29) is 11.8 Å². The topological polar surface area (TPSA) is 37.0 Å². The molecule has 0 aliphatic heterocycles. The normalized spacial score (nSPS) is 11.5. The summed E-state index contributed by atoms with van der Waals surface area (Å²) in [5.74, 6) is -0.936. The molecule has 65 valence electrons. The fraction of sp³-hybridized carbons (Fsp3) is 0.889. The van der Waals surface area contributed by atoms with Gasteiger partial charge in [0.1, 0.15) is 0 Å². The quantitative estimate of drug-likeness (QED) is 0.604. The average molecular weight is 157 g/mol. The van der Waals surface area contributed by atoms with Gasteiger partial charge in [-0.15, -0.1) is 0 Å². The van der Waals surface area contributed by atoms with E-state index >= 15 is 0 Å². The number of carbonyl (C=O) groups is 1. The Balaban J connectivity index is 3.63. The molecule has 0 spiro atoms. The van der Waals surface area contributed by atoms with Crippen LogP contribution in [0.1, 0.15) is 46.5 Å². The zero-order chi connectivity index (χ0) is 8.91. The molecule has 0 aromatic carbocycles. The monoisotopic (exact) mass is 157 g/mol. The van der Waals surface area contributed by atoms with Gasteiger partial charge in [0.05, 0.1) is 6.42 Å². The number of hydrogen-bond acceptors (Lipinski definition) is 1. The molecule has 0 aromatic rings. The van der Waals surface area contributed by atoms with E-state index in [0.717, 1.165) is 19.3 Å². The summed E-state index contributed by atoms with van der Waals surface area (Å²) in [6.07, 6.45) is 3.11. The predicted molar refractivity (Wildman–Crippen MR) is 43.6 cm³/mol. The molecular weight excluding hydrogens is 140 g/mol. The second-order valence-electron chi connectivity index (χ2n) is 3.79. The Morgan fingerprint density at radius 2 is 1.82 bits per heavy atom. The zero-order valence-electron chi connectivity index (χ0n) is 7.64. The summed E-state index contributed by atoms with van der Waals surface area (Å²) in [6, 6.07) is 0. The van der Waals surface area contributed by atoms with Crippen LogP contribution in [0.4, 0.5) is 0 Å². The van der Waals surface area contributed by atoms with Crippen molar-refractivity contribution in [2.45, 2.75) is 46.5 Å². The predicted octanol–water partition coefficient (Wildman–Crippen LogP) is 2.55. The molecule has 0 aliphatic rings. The molecule has 2 nitrogen and oxygen atoms in total. The summed E-state index contributed by atoms with van der Waals surface area (Å²) in [6.45, 7) is 6.31. The van der Waals surface area contributed by atoms with E-state index in [1.54, 1.807) is 0 Å². The van der Waals surface area contributed by atoms with Crippen molar-refractivity contribution in [2.24, 2.45) is 5.41 Å². The maximum atomic E-state index is 10.1. The van der Waals surface area contributed by atoms with E-state index in [2.05, 4.69) is 20.8 Å². The molecule has 0 saturated carbocycles. The van der Waals surface area contributed by atoms with Crippen LogP contribution in [0.2, 0.25) is 0 Å². The van der Waals surface area contributed by atoms with Crippen LogP contribution in [0.5, 0.6) is 0 Å². The van der Waals surface area contributed by atoms with E-state index in [4.69, 9.17) is 0 Å². The van der Waals surface area contributed by atoms with E-state index < -0.39 is 5.97 Å². The Morgan fingerprint density at radius 1 is 1.27 bits per heavy atom. The van der Waals surface area contributed by atoms with Gasteiger partial charge in [-0.05, 0) is 18.3 Å². The highest BCUT2D eigenvalue weighted by Crippen LogP contribution is 2.27. The van der Waals surface area contributed by atoms with Crippen molar-refractivity contribution in [1.82, 2.24) is 0 Å². The van der Waals surface area contributed by atoms with Crippen molar-refractivity contribution in [3.8, 4) is 0 Å². The largest absolute Gasteiger partial charge is 0.355 e. The molecule has 0 aliphatic carbocycles. The van der Waals surface area contributed by atoms with Gasteiger partial charge in [0.25, 0.3) is 0 Å². The molecule has 0 unspecified atom stereocenters. The van der Waals surface area contributed by atoms with Gasteiger partial charge in [-0.2, -0.15) is 0 Å². The first-order valence-electron chi connectivity index (χ1n) is 4.18. The summed E-state index contributed by atoms with van der Waals surface area (Å²) >= 11 is 0. The maximum absolute atomic E-state index is 10.1. The van der Waals surface area contributed by atoms with Crippen LogP contribution in [0.15, 0.2) is 0 Å². The van der Waals surface area contributed by atoms with Crippen LogP contribution >= 0.6 is 0 Å². The molecule has 0 N–H and O–H groups in total. The van der Waals surface area contributed by atoms with Crippen molar-refractivity contribution >= 4 is 5.97 Å². The molecule has 0 aromatic heterocycles. The molecule has 0 rings (SSSR count). The molecule has 0 atom stereocenters. The number of carbonyl (C=O) groups excluding carboxylic acids is 1. The lowest BCUT2D eigenvalue weighted by Crippen LogP contribution is -2.12. The summed E-state index contributed by atoms with van der Waals surface area (Å²) in [4.78, 5) is 10.1. The summed E-state index contributed by atoms with van der Waals surface area (Å²) in [5.41, 5.74) is 0.162. The summed E-state index contributed by atoms with van der Waals surface area (Å²) in [7, 11) is 0. The highest BCUT2D eigenvalue weighted by Gasteiger charge is 2.17. The lowest BCUT2D eigenvalue weighted by atomic mass is 9.83. The van der Waals surface area contributed by atoms with Crippen LogP contribution in [-0.2, 0) is 9.90 Å². The van der Waals surface area contributed by atoms with Gasteiger partial charge in [0, 0.05) is 0 Å². The highest BCUT2D eigenvalue weighted by atomic mass is 16.4. The molecular formula is C9H17O2. The molecule has 0 saturated heterocycles. The van der Waals surface area contributed by atoms with E-state index in [1.165, 1.54) is 0 Å². The standard InChI is InChI=1S/C9H17O2/c1-4-6-9(2,3)7-5-8(10)11/h4-7H2,1-3H3. The van der Waals surface area contributed by atoms with Gasteiger partial charge in [0.15, 0.2) is 0 Å². The minimum Gasteiger partial charge on any atom is -0.247 e. The van der Waals surface area contributed by atoms with Crippen molar-refractivity contribution in [3.05, 3.63) is 0 Å². The minimum absolute atomic E-state index is 0.162. The molecule has 1 radical (unpaired) electrons. The van der Waals surface area contributed by atoms with Crippen LogP contribution in [0.25, 0.3) is 0 Å². The summed E-state index contributed by atoms with van der Waals surface area (Å²) < 4.78 is 0. The van der Waals surface area contributed by atoms with Crippen LogP contribution in [-0.4, -0.2) is 5.97 Å². The van der Waals surface area contributed by atoms with Crippen molar-refractivity contribution < 1.29 is 9.90 Å². The average Bonchev–Trinajstić information content (AvgIpc) is 1.84. The summed E-state index contributed by atoms with van der Waals surface area (Å²) in [5, 5.41) is 10.1. The van der Waals surface area contributed by atoms with Gasteiger partial charge in [-0.25, -0.2) is 9.90 Å². The lowest BCUT2D eigenvalue weighted by Gasteiger charge is -2.22. The third kappa shape index (κ3) is 5.89. The van der Waals surface area contributed by atoms with E-state index in [9.17, 15) is 9.90 Å². The molecule has 0 bridgehead atoms. The van der Waals surface area contributed by atoms with Crippen molar-refractivity contribution in [3.63, 3.8) is 0 Å². The van der Waals surface area contributed by atoms with Gasteiger partial charge < -0.3 is 0 Å². The maximum Gasteiger partial charge on any atom is 0.355 e. The third-order valence-corrected chi connectivity index (χ3v) is 1.93. The fourth-order valence-electron chi connectivity index (χ4n) is 1.24. The third-order valence-electron chi connectivity index (χ3n) is 1.93. The van der Waals surface area contributed by atoms with Gasteiger partial charge in [0.2, 0.25) is 0 Å². The molecule has 0 heterocycles. The van der Waals surface area contributed by atoms with Crippen molar-refractivity contribution in [2.75, 3.05) is 0 Å². The van der Waals surface area contributed by atoms with Crippen LogP contribution in [0, 0.1) is 5.41 Å². The molecule has 0 fully saturated rings. The number of hydrogen-bond donors (Lipinski definition) is 0. The first-order chi connectivity index (χ1) is 4.98. The van der Waals surface area contributed by atoms with Crippen LogP contribution < -0.4 is 0 Å². The van der Waals surface area contributed by atoms with E-state index in [1.807, 2.05) is 0 Å². The van der Waals surface area contributed by atoms with Gasteiger partial charge in [-0.3, -0.25) is 0 Å². The second kappa shape index (κ2) is 4.37. The molecule has 0 amide bonds. The highest BCUT2D eigenvalue weighted by molar-refractivity contribution is 5.66. The number of rotatable bonds is 5. The lowest BCUT2D eigenvalue weighted by molar-refractivity contribution is -0.143. The Kier molecular flexibility index (Phi) is 4.16. The SMILES string of the molecule is CCCC(C)(C)CCC([O])=O. The van der Waals surface area contributed by atoms with Gasteiger partial charge >= 0.3 is 5.97 Å². The zero-order valence-corrected chi connectivity index (χ0v) is 7.64. The Morgan fingerprint density at radius 3 is 2.18 bits per heavy atom. The van der Waals surface area contributed by atoms with Crippen LogP contribution in [0.3, 0.4) is 0 Å². The second-order valence-corrected chi connectivity index (χ2v) is 3.79. The smallest absolute Gasteiger partial charge is 0.247 e. The van der Waals surface area contributed by atoms with E-state index in [0.29, 0.717) is 0 Å². The Labute approximate surface area is 68.6 Å². The first-order valence-corrected chi connectivity index (χ1v) is 4.18. The minimum atomic E-state index is -0.936. The molecule has 2 heteroatoms. The fourth-order valence-corrected chi connectivity index (χ4v) is 1.24. The molecule has 11 heavy (non-hydrogen) atoms. The Hall–Kier alpha value is -0.530. The first kappa shape index (κ1) is 10.5.